The van der Waals surface area contributed by atoms with Gasteiger partial charge in [0.1, 0.15) is 17.9 Å². The zero-order chi connectivity index (χ0) is 20.6. The molecule has 0 unspecified atom stereocenters. The van der Waals surface area contributed by atoms with Crippen LogP contribution in [0, 0.1) is 5.82 Å². The summed E-state index contributed by atoms with van der Waals surface area (Å²) >= 11 is 0. The normalized spacial score (nSPS) is 18.8. The van der Waals surface area contributed by atoms with E-state index in [4.69, 9.17) is 0 Å². The van der Waals surface area contributed by atoms with Gasteiger partial charge in [-0.3, -0.25) is 14.5 Å². The van der Waals surface area contributed by atoms with Gasteiger partial charge in [0.25, 0.3) is 5.91 Å². The molecule has 0 bridgehead atoms. The molecule has 0 radical (unpaired) electrons. The fourth-order valence-electron chi connectivity index (χ4n) is 3.56. The monoisotopic (exact) mass is 391 g/mol. The molecular weight excluding hydrogens is 373 g/mol. The van der Waals surface area contributed by atoms with E-state index in [-0.39, 0.29) is 0 Å². The molecule has 2 N–H and O–H groups in total. The van der Waals surface area contributed by atoms with Crippen LogP contribution in [0.3, 0.4) is 0 Å². The molecule has 3 aromatic carbocycles. The van der Waals surface area contributed by atoms with Gasteiger partial charge in [0.15, 0.2) is 0 Å². The van der Waals surface area contributed by atoms with E-state index < -0.39 is 35.7 Å². The Bertz CT molecular complexity index is 1120. The fraction of sp³-hybridized carbons (Fsp3) is 0.136. The molecule has 29 heavy (non-hydrogen) atoms. The summed E-state index contributed by atoms with van der Waals surface area (Å²) in [6, 6.07) is 17.7. The SMILES string of the molecule is C[C@@]1(c2cccc3ccccc23)NC(=O)N(CC(=O)Nc2ccc(F)cc2)C1=O. The molecule has 0 aliphatic carbocycles. The van der Waals surface area contributed by atoms with Crippen LogP contribution in [0.25, 0.3) is 10.8 Å². The largest absolute Gasteiger partial charge is 0.325 e. The third-order valence-corrected chi connectivity index (χ3v) is 5.03. The fourth-order valence-corrected chi connectivity index (χ4v) is 3.56. The molecule has 3 aromatic rings. The van der Waals surface area contributed by atoms with Crippen LogP contribution < -0.4 is 10.6 Å². The molecule has 1 aliphatic heterocycles. The lowest BCUT2D eigenvalue weighted by Gasteiger charge is -2.24. The standard InChI is InChI=1S/C22H18FN3O3/c1-22(18-8-4-6-14-5-2-3-7-17(14)18)20(28)26(21(29)25-22)13-19(27)24-16-11-9-15(23)10-12-16/h2-12H,13H2,1H3,(H,24,27)(H,25,29)/t22-/m0/s1. The van der Waals surface area contributed by atoms with E-state index >= 15 is 0 Å². The van der Waals surface area contributed by atoms with Crippen molar-refractivity contribution in [2.45, 2.75) is 12.5 Å². The van der Waals surface area contributed by atoms with E-state index in [1.165, 1.54) is 24.3 Å². The first-order valence-electron chi connectivity index (χ1n) is 9.06. The van der Waals surface area contributed by atoms with Gasteiger partial charge in [-0.1, -0.05) is 42.5 Å². The highest BCUT2D eigenvalue weighted by Crippen LogP contribution is 2.33. The molecule has 1 fully saturated rings. The van der Waals surface area contributed by atoms with Gasteiger partial charge in [-0.25, -0.2) is 9.18 Å². The van der Waals surface area contributed by atoms with Gasteiger partial charge in [0, 0.05) is 5.69 Å². The van der Waals surface area contributed by atoms with Crippen LogP contribution in [-0.2, 0) is 15.1 Å². The first kappa shape index (κ1) is 18.6. The number of nitrogens with zero attached hydrogens (tertiary/aromatic N) is 1. The number of carbonyl (C=O) groups is 3. The summed E-state index contributed by atoms with van der Waals surface area (Å²) in [6.45, 7) is 1.19. The number of benzene rings is 3. The molecule has 146 valence electrons. The summed E-state index contributed by atoms with van der Waals surface area (Å²) in [4.78, 5) is 38.8. The van der Waals surface area contributed by atoms with E-state index in [0.717, 1.165) is 15.7 Å². The molecule has 1 atom stereocenters. The number of fused-ring (bicyclic) bond motifs is 1. The number of nitrogens with one attached hydrogen (secondary N) is 2. The number of hydrogen-bond donors (Lipinski definition) is 2. The number of anilines is 1. The molecular formula is C22H18FN3O3. The van der Waals surface area contributed by atoms with Crippen LogP contribution in [0.1, 0.15) is 12.5 Å². The van der Waals surface area contributed by atoms with Crippen LogP contribution in [0.5, 0.6) is 0 Å². The minimum Gasteiger partial charge on any atom is -0.325 e. The van der Waals surface area contributed by atoms with Gasteiger partial charge in [-0.15, -0.1) is 0 Å². The Balaban J connectivity index is 1.58. The van der Waals surface area contributed by atoms with Crippen molar-refractivity contribution in [2.75, 3.05) is 11.9 Å². The minimum atomic E-state index is -1.28. The quantitative estimate of drug-likeness (QED) is 0.669. The molecule has 1 saturated heterocycles. The summed E-state index contributed by atoms with van der Waals surface area (Å²) in [5, 5.41) is 7.07. The molecule has 0 saturated carbocycles. The summed E-state index contributed by atoms with van der Waals surface area (Å²) in [5.74, 6) is -1.49. The van der Waals surface area contributed by atoms with E-state index in [9.17, 15) is 18.8 Å². The van der Waals surface area contributed by atoms with Crippen LogP contribution in [0.2, 0.25) is 0 Å². The second kappa shape index (κ2) is 7.01. The molecule has 6 nitrogen and oxygen atoms in total. The van der Waals surface area contributed by atoms with Gasteiger partial charge in [-0.2, -0.15) is 0 Å². The molecule has 0 aromatic heterocycles. The maximum Gasteiger partial charge on any atom is 0.325 e. The highest BCUT2D eigenvalue weighted by Gasteiger charge is 2.50. The Labute approximate surface area is 166 Å². The molecule has 4 amide bonds. The average Bonchev–Trinajstić information content (AvgIpc) is 2.93. The minimum absolute atomic E-state index is 0.375. The smallest absolute Gasteiger partial charge is 0.325 e. The number of rotatable bonds is 4. The third kappa shape index (κ3) is 3.31. The lowest BCUT2D eigenvalue weighted by atomic mass is 9.88. The van der Waals surface area contributed by atoms with Crippen LogP contribution in [0.4, 0.5) is 14.9 Å². The molecule has 1 aliphatic rings. The third-order valence-electron chi connectivity index (χ3n) is 5.03. The maximum absolute atomic E-state index is 13.1. The Kier molecular flexibility index (Phi) is 4.50. The van der Waals surface area contributed by atoms with Gasteiger partial charge < -0.3 is 10.6 Å². The maximum atomic E-state index is 13.1. The second-order valence-electron chi connectivity index (χ2n) is 7.03. The first-order chi connectivity index (χ1) is 13.9. The zero-order valence-electron chi connectivity index (χ0n) is 15.6. The Hall–Kier alpha value is -3.74. The van der Waals surface area contributed by atoms with Crippen LogP contribution in [0.15, 0.2) is 66.7 Å². The van der Waals surface area contributed by atoms with Crippen molar-refractivity contribution in [1.82, 2.24) is 10.2 Å². The number of carbonyl (C=O) groups excluding carboxylic acids is 3. The van der Waals surface area contributed by atoms with Crippen molar-refractivity contribution in [3.63, 3.8) is 0 Å². The van der Waals surface area contributed by atoms with Gasteiger partial charge >= 0.3 is 6.03 Å². The number of hydrogen-bond acceptors (Lipinski definition) is 3. The molecule has 4 rings (SSSR count). The highest BCUT2D eigenvalue weighted by atomic mass is 19.1. The number of urea groups is 1. The molecule has 7 heteroatoms. The molecule has 0 spiro atoms. The van der Waals surface area contributed by atoms with Crippen molar-refractivity contribution in [3.8, 4) is 0 Å². The van der Waals surface area contributed by atoms with E-state index in [2.05, 4.69) is 10.6 Å². The van der Waals surface area contributed by atoms with E-state index in [1.54, 1.807) is 13.0 Å². The topological polar surface area (TPSA) is 78.5 Å². The van der Waals surface area contributed by atoms with Crippen molar-refractivity contribution in [2.24, 2.45) is 0 Å². The number of imide groups is 1. The van der Waals surface area contributed by atoms with Gasteiger partial charge in [0.2, 0.25) is 5.91 Å². The summed E-state index contributed by atoms with van der Waals surface area (Å²) < 4.78 is 13.0. The lowest BCUT2D eigenvalue weighted by Crippen LogP contribution is -2.42. The average molecular weight is 391 g/mol. The highest BCUT2D eigenvalue weighted by molar-refractivity contribution is 6.11. The number of amides is 4. The lowest BCUT2D eigenvalue weighted by molar-refractivity contribution is -0.133. The van der Waals surface area contributed by atoms with E-state index in [0.29, 0.717) is 11.3 Å². The van der Waals surface area contributed by atoms with Crippen LogP contribution in [-0.4, -0.2) is 29.3 Å². The first-order valence-corrected chi connectivity index (χ1v) is 9.06. The second-order valence-corrected chi connectivity index (χ2v) is 7.03. The summed E-state index contributed by atoms with van der Waals surface area (Å²) in [6.07, 6.45) is 0. The van der Waals surface area contributed by atoms with Crippen molar-refractivity contribution >= 4 is 34.3 Å². The Morgan fingerprint density at radius 1 is 1.03 bits per heavy atom. The number of halogens is 1. The van der Waals surface area contributed by atoms with Crippen LogP contribution >= 0.6 is 0 Å². The van der Waals surface area contributed by atoms with Crippen molar-refractivity contribution in [1.29, 1.82) is 0 Å². The molecule has 1 heterocycles. The van der Waals surface area contributed by atoms with Crippen molar-refractivity contribution in [3.05, 3.63) is 78.1 Å². The van der Waals surface area contributed by atoms with E-state index in [1.807, 2.05) is 36.4 Å². The predicted molar refractivity (Wildman–Crippen MR) is 107 cm³/mol. The van der Waals surface area contributed by atoms with Crippen molar-refractivity contribution < 1.29 is 18.8 Å². The Morgan fingerprint density at radius 2 is 1.72 bits per heavy atom. The predicted octanol–water partition coefficient (Wildman–Crippen LogP) is 3.38. The summed E-state index contributed by atoms with van der Waals surface area (Å²) in [7, 11) is 0. The van der Waals surface area contributed by atoms with Gasteiger partial charge in [0.05, 0.1) is 0 Å². The Morgan fingerprint density at radius 3 is 2.48 bits per heavy atom. The summed E-state index contributed by atoms with van der Waals surface area (Å²) in [5.41, 5.74) is -0.246. The zero-order valence-corrected chi connectivity index (χ0v) is 15.6. The van der Waals surface area contributed by atoms with Gasteiger partial charge in [-0.05, 0) is 47.5 Å².